The monoisotopic (exact) mass is 1010 g/mol. The third-order valence-electron chi connectivity index (χ3n) is 11.9. The predicted octanol–water partition coefficient (Wildman–Crippen LogP) is 16.4. The minimum atomic E-state index is -4.75. The zero-order valence-corrected chi connectivity index (χ0v) is 45.6. The fraction of sp³-hybridized carbons (Fsp3) is 0.776. The second-order valence-electron chi connectivity index (χ2n) is 18.7. The topological polar surface area (TPSA) is 155 Å². The average molecular weight is 1010 g/mol. The molecule has 2 N–H and O–H groups in total. The standard InChI is InChI=1S/C58H103O11P/c1-4-7-10-13-16-19-22-24-25-26-27-28-29-31-34-37-40-43-46-49-58(62)69-55(51-65-56(60)47-44-41-38-35-33-30-23-20-17-14-11-8-5-2)53-67-70(63,64)66-52-54(50-59)68-57(61)48-45-42-39-36-32-21-18-15-12-9-6-3/h8,11,15,17-18,20,24-25,30,33,54-55,59H,4-7,9-10,12-14,16,19,21-23,26-29,31-32,34-53H2,1-3H3,(H,63,64)/b11-8-,18-15-,20-17-,25-24-,33-30-. The third-order valence-corrected chi connectivity index (χ3v) is 12.8. The van der Waals surface area contributed by atoms with Crippen LogP contribution in [0.4, 0.5) is 0 Å². The Morgan fingerprint density at radius 2 is 0.757 bits per heavy atom. The van der Waals surface area contributed by atoms with E-state index in [1.165, 1.54) is 96.3 Å². The van der Waals surface area contributed by atoms with Gasteiger partial charge in [-0.2, -0.15) is 0 Å². The van der Waals surface area contributed by atoms with Gasteiger partial charge in [0.25, 0.3) is 0 Å². The number of unbranched alkanes of at least 4 members (excludes halogenated alkanes) is 25. The molecule has 0 spiro atoms. The van der Waals surface area contributed by atoms with Crippen molar-refractivity contribution in [2.75, 3.05) is 26.4 Å². The molecule has 0 bridgehead atoms. The molecule has 0 aliphatic carbocycles. The minimum Gasteiger partial charge on any atom is -0.462 e. The first-order chi connectivity index (χ1) is 34.2. The molecule has 0 aromatic carbocycles. The van der Waals surface area contributed by atoms with Crippen LogP contribution in [0, 0.1) is 0 Å². The normalized spacial score (nSPS) is 13.8. The minimum absolute atomic E-state index is 0.158. The lowest BCUT2D eigenvalue weighted by Gasteiger charge is -2.21. The number of carbonyl (C=O) groups excluding carboxylic acids is 3. The van der Waals surface area contributed by atoms with E-state index < -0.39 is 57.8 Å². The van der Waals surface area contributed by atoms with Gasteiger partial charge in [-0.1, -0.05) is 197 Å². The summed E-state index contributed by atoms with van der Waals surface area (Å²) in [6, 6.07) is 0. The molecule has 0 heterocycles. The first-order valence-electron chi connectivity index (χ1n) is 28.2. The Bertz CT molecular complexity index is 1410. The molecule has 0 amide bonds. The maximum absolute atomic E-state index is 12.9. The molecule has 12 heteroatoms. The fourth-order valence-corrected chi connectivity index (χ4v) is 8.37. The Labute approximate surface area is 427 Å². The molecule has 0 aromatic heterocycles. The first-order valence-corrected chi connectivity index (χ1v) is 29.7. The van der Waals surface area contributed by atoms with E-state index in [4.69, 9.17) is 23.3 Å². The van der Waals surface area contributed by atoms with Crippen molar-refractivity contribution in [3.8, 4) is 0 Å². The van der Waals surface area contributed by atoms with Crippen molar-refractivity contribution in [3.05, 3.63) is 60.8 Å². The van der Waals surface area contributed by atoms with Gasteiger partial charge in [-0.3, -0.25) is 23.4 Å². The zero-order chi connectivity index (χ0) is 51.3. The Kier molecular flexibility index (Phi) is 50.4. The smallest absolute Gasteiger partial charge is 0.462 e. The van der Waals surface area contributed by atoms with Crippen LogP contribution in [0.25, 0.3) is 0 Å². The quantitative estimate of drug-likeness (QED) is 0.0197. The van der Waals surface area contributed by atoms with Crippen LogP contribution in [0.1, 0.15) is 252 Å². The van der Waals surface area contributed by atoms with Gasteiger partial charge in [0.05, 0.1) is 19.8 Å². The summed E-state index contributed by atoms with van der Waals surface area (Å²) in [4.78, 5) is 48.4. The van der Waals surface area contributed by atoms with Gasteiger partial charge in [0.1, 0.15) is 12.7 Å². The van der Waals surface area contributed by atoms with Crippen LogP contribution < -0.4 is 0 Å². The number of hydrogen-bond acceptors (Lipinski definition) is 10. The number of allylic oxidation sites excluding steroid dienone is 10. The van der Waals surface area contributed by atoms with Crippen LogP contribution in [-0.2, 0) is 42.2 Å². The van der Waals surface area contributed by atoms with Gasteiger partial charge < -0.3 is 24.2 Å². The van der Waals surface area contributed by atoms with Crippen molar-refractivity contribution in [2.24, 2.45) is 0 Å². The summed E-state index contributed by atoms with van der Waals surface area (Å²) >= 11 is 0. The molecule has 11 nitrogen and oxygen atoms in total. The maximum atomic E-state index is 12.9. The van der Waals surface area contributed by atoms with Crippen LogP contribution in [-0.4, -0.2) is 66.5 Å². The molecule has 3 unspecified atom stereocenters. The van der Waals surface area contributed by atoms with E-state index in [-0.39, 0.29) is 25.9 Å². The first kappa shape index (κ1) is 67.2. The summed E-state index contributed by atoms with van der Waals surface area (Å²) in [7, 11) is -4.75. The molecule has 0 saturated heterocycles. The lowest BCUT2D eigenvalue weighted by Crippen LogP contribution is -2.30. The number of phosphoric acid groups is 1. The molecule has 406 valence electrons. The van der Waals surface area contributed by atoms with Crippen molar-refractivity contribution in [3.63, 3.8) is 0 Å². The maximum Gasteiger partial charge on any atom is 0.472 e. The highest BCUT2D eigenvalue weighted by Crippen LogP contribution is 2.43. The molecule has 0 saturated carbocycles. The SMILES string of the molecule is CC/C=C\C/C=C\C/C=C\CCCCCC(=O)OCC(COP(=O)(O)OCC(CO)OC(=O)CCCCCCC/C=C\CCCC)OC(=O)CCCCCCCCCCC/C=C\CCCCCCCC. The summed E-state index contributed by atoms with van der Waals surface area (Å²) in [5, 5.41) is 9.78. The van der Waals surface area contributed by atoms with E-state index >= 15 is 0 Å². The molecule has 0 aliphatic rings. The Morgan fingerprint density at radius 3 is 1.21 bits per heavy atom. The Morgan fingerprint density at radius 1 is 0.414 bits per heavy atom. The van der Waals surface area contributed by atoms with Crippen LogP contribution in [0.15, 0.2) is 60.8 Å². The highest BCUT2D eigenvalue weighted by Gasteiger charge is 2.28. The second kappa shape index (κ2) is 52.5. The van der Waals surface area contributed by atoms with Gasteiger partial charge in [0, 0.05) is 19.3 Å². The van der Waals surface area contributed by atoms with Gasteiger partial charge in [0.2, 0.25) is 0 Å². The van der Waals surface area contributed by atoms with Crippen LogP contribution in [0.2, 0.25) is 0 Å². The predicted molar refractivity (Wildman–Crippen MR) is 288 cm³/mol. The van der Waals surface area contributed by atoms with Crippen LogP contribution in [0.3, 0.4) is 0 Å². The average Bonchev–Trinajstić information content (AvgIpc) is 3.35. The lowest BCUT2D eigenvalue weighted by atomic mass is 10.1. The number of aliphatic hydroxyl groups excluding tert-OH is 1. The van der Waals surface area contributed by atoms with E-state index in [0.717, 1.165) is 96.3 Å². The Hall–Kier alpha value is -2.82. The highest BCUT2D eigenvalue weighted by atomic mass is 31.2. The number of phosphoric ester groups is 1. The van der Waals surface area contributed by atoms with Gasteiger partial charge in [-0.15, -0.1) is 0 Å². The number of ether oxygens (including phenoxy) is 3. The summed E-state index contributed by atoms with van der Waals surface area (Å²) in [6.45, 7) is 4.45. The largest absolute Gasteiger partial charge is 0.472 e. The number of esters is 3. The number of rotatable bonds is 52. The van der Waals surface area contributed by atoms with Crippen molar-refractivity contribution in [2.45, 2.75) is 264 Å². The van der Waals surface area contributed by atoms with E-state index in [0.29, 0.717) is 19.3 Å². The molecule has 0 aliphatic heterocycles. The molecule has 0 fully saturated rings. The van der Waals surface area contributed by atoms with Gasteiger partial charge in [0.15, 0.2) is 6.10 Å². The summed E-state index contributed by atoms with van der Waals surface area (Å²) < 4.78 is 39.4. The van der Waals surface area contributed by atoms with E-state index in [1.807, 2.05) is 0 Å². The van der Waals surface area contributed by atoms with Crippen molar-refractivity contribution in [1.29, 1.82) is 0 Å². The second-order valence-corrected chi connectivity index (χ2v) is 20.2. The molecular weight excluding hydrogens is 904 g/mol. The van der Waals surface area contributed by atoms with Crippen molar-refractivity contribution >= 4 is 25.7 Å². The number of aliphatic hydroxyl groups is 1. The lowest BCUT2D eigenvalue weighted by molar-refractivity contribution is -0.161. The van der Waals surface area contributed by atoms with E-state index in [9.17, 15) is 28.9 Å². The zero-order valence-electron chi connectivity index (χ0n) is 44.7. The molecule has 70 heavy (non-hydrogen) atoms. The van der Waals surface area contributed by atoms with Gasteiger partial charge >= 0.3 is 25.7 Å². The molecule has 0 radical (unpaired) electrons. The van der Waals surface area contributed by atoms with Gasteiger partial charge in [-0.05, 0) is 96.3 Å². The molecular formula is C58H103O11P. The Balaban J connectivity index is 4.74. The van der Waals surface area contributed by atoms with Crippen LogP contribution >= 0.6 is 7.82 Å². The van der Waals surface area contributed by atoms with E-state index in [1.54, 1.807) is 0 Å². The summed E-state index contributed by atoms with van der Waals surface area (Å²) in [5.74, 6) is -1.51. The fourth-order valence-electron chi connectivity index (χ4n) is 7.58. The third kappa shape index (κ3) is 50.1. The molecule has 3 atom stereocenters. The van der Waals surface area contributed by atoms with Crippen molar-refractivity contribution < 1.29 is 52.2 Å². The summed E-state index contributed by atoms with van der Waals surface area (Å²) in [5.41, 5.74) is 0. The van der Waals surface area contributed by atoms with E-state index in [2.05, 4.69) is 81.5 Å². The number of carbonyl (C=O) groups is 3. The van der Waals surface area contributed by atoms with Gasteiger partial charge in [-0.25, -0.2) is 4.57 Å². The summed E-state index contributed by atoms with van der Waals surface area (Å²) in [6.07, 6.45) is 56.2. The highest BCUT2D eigenvalue weighted by molar-refractivity contribution is 7.47. The molecule has 0 aromatic rings. The molecule has 0 rings (SSSR count). The number of hydrogen-bond donors (Lipinski definition) is 2. The van der Waals surface area contributed by atoms with Crippen molar-refractivity contribution in [1.82, 2.24) is 0 Å². The van der Waals surface area contributed by atoms with Crippen LogP contribution in [0.5, 0.6) is 0 Å².